The van der Waals surface area contributed by atoms with Gasteiger partial charge in [-0.15, -0.1) is 0 Å². The number of phosphoric acid groups is 1. The first-order valence-electron chi connectivity index (χ1n) is 0.730. The fraction of sp³-hybridized carbons (Fsp3) is 0. The van der Waals surface area contributed by atoms with Crippen molar-refractivity contribution in [1.82, 2.24) is 0 Å². The van der Waals surface area contributed by atoms with Gasteiger partial charge in [0, 0.05) is 0 Å². The van der Waals surface area contributed by atoms with Crippen molar-refractivity contribution in [2.45, 2.75) is 0 Å². The van der Waals surface area contributed by atoms with Crippen LogP contribution in [0.15, 0.2) is 0 Å². The van der Waals surface area contributed by atoms with E-state index in [9.17, 15) is 0 Å². The minimum Gasteiger partial charge on any atom is -0.822 e. The van der Waals surface area contributed by atoms with Gasteiger partial charge in [0.15, 0.2) is 0 Å². The molecule has 0 aromatic heterocycles. The van der Waals surface area contributed by atoms with E-state index < -0.39 is 7.82 Å². The van der Waals surface area contributed by atoms with Crippen molar-refractivity contribution in [1.29, 1.82) is 0 Å². The van der Waals surface area contributed by atoms with Crippen molar-refractivity contribution in [3.63, 3.8) is 0 Å². The Hall–Kier alpha value is 1.15. The molecule has 0 saturated carbocycles. The number of rotatable bonds is 0. The standard InChI is InChI=1S/Al.Co.H3O4P/c;;1-5(2,3)4/h;;(H3,1,2,3,4)/q+3;+2;/p-3. The van der Waals surface area contributed by atoms with Gasteiger partial charge in [-0.3, -0.25) is 0 Å². The predicted molar refractivity (Wildman–Crippen MR) is 13.4 cm³/mol. The van der Waals surface area contributed by atoms with Gasteiger partial charge in [0.05, 0.1) is 0 Å². The van der Waals surface area contributed by atoms with E-state index in [1.54, 1.807) is 0 Å². The van der Waals surface area contributed by atoms with Gasteiger partial charge in [0.25, 0.3) is 0 Å². The first kappa shape index (κ1) is 15.7. The average molecular weight is 181 g/mol. The summed E-state index contributed by atoms with van der Waals surface area (Å²) in [6.07, 6.45) is 0. The van der Waals surface area contributed by atoms with E-state index in [4.69, 9.17) is 19.2 Å². The molecular formula is AlCoO4P+2. The summed E-state index contributed by atoms with van der Waals surface area (Å²) in [5, 5.41) is 0. The zero-order chi connectivity index (χ0) is 4.50. The summed E-state index contributed by atoms with van der Waals surface area (Å²) < 4.78 is 8.55. The van der Waals surface area contributed by atoms with Crippen molar-refractivity contribution in [3.05, 3.63) is 0 Å². The minimum atomic E-state index is -5.39. The predicted octanol–water partition coefficient (Wildman–Crippen LogP) is -3.21. The second-order valence-electron chi connectivity index (χ2n) is 0.447. The van der Waals surface area contributed by atoms with Crippen molar-refractivity contribution < 1.29 is 36.0 Å². The van der Waals surface area contributed by atoms with Crippen LogP contribution in [0.3, 0.4) is 0 Å². The molecule has 0 rings (SSSR count). The molecule has 0 bridgehead atoms. The van der Waals surface area contributed by atoms with Crippen LogP contribution in [0.1, 0.15) is 0 Å². The van der Waals surface area contributed by atoms with Crippen LogP contribution in [0, 0.1) is 0 Å². The quantitative estimate of drug-likeness (QED) is 0.290. The molecule has 0 aromatic rings. The second-order valence-corrected chi connectivity index (χ2v) is 1.34. The molecule has 0 saturated heterocycles. The smallest absolute Gasteiger partial charge is 0.822 e. The van der Waals surface area contributed by atoms with Crippen LogP contribution in [0.25, 0.3) is 0 Å². The summed E-state index contributed by atoms with van der Waals surface area (Å²) in [5.41, 5.74) is 0. The normalized spacial score (nSPS) is 8.43. The van der Waals surface area contributed by atoms with Crippen LogP contribution in [0.5, 0.6) is 0 Å². The van der Waals surface area contributed by atoms with E-state index in [0.717, 1.165) is 0 Å². The molecule has 0 heterocycles. The maximum absolute atomic E-state index is 8.55. The van der Waals surface area contributed by atoms with E-state index in [1.807, 2.05) is 0 Å². The zero-order valence-electron chi connectivity index (χ0n) is 2.99. The Kier molecular flexibility index (Phi) is 11.9. The molecule has 0 atom stereocenters. The number of hydrogen-bond donors (Lipinski definition) is 0. The SMILES string of the molecule is O=P([O-])([O-])[O-].[Al+3].[Co+2]. The fourth-order valence-corrected chi connectivity index (χ4v) is 0. The summed E-state index contributed by atoms with van der Waals surface area (Å²) in [7, 11) is -5.39. The van der Waals surface area contributed by atoms with Crippen LogP contribution in [-0.2, 0) is 21.3 Å². The molecule has 0 fully saturated rings. The molecule has 0 amide bonds. The summed E-state index contributed by atoms with van der Waals surface area (Å²) in [6, 6.07) is 0. The van der Waals surface area contributed by atoms with Gasteiger partial charge in [-0.25, -0.2) is 0 Å². The van der Waals surface area contributed by atoms with Crippen molar-refractivity contribution in [2.24, 2.45) is 0 Å². The first-order valence-corrected chi connectivity index (χ1v) is 2.19. The molecular weight excluding hydrogens is 181 g/mol. The van der Waals surface area contributed by atoms with Gasteiger partial charge in [-0.2, -0.15) is 7.82 Å². The van der Waals surface area contributed by atoms with Gasteiger partial charge in [-0.05, 0) is 0 Å². The van der Waals surface area contributed by atoms with E-state index >= 15 is 0 Å². The Morgan fingerprint density at radius 1 is 1.14 bits per heavy atom. The minimum absolute atomic E-state index is 0. The molecule has 0 unspecified atom stereocenters. The summed E-state index contributed by atoms with van der Waals surface area (Å²) in [4.78, 5) is 25.6. The van der Waals surface area contributed by atoms with Gasteiger partial charge >= 0.3 is 34.1 Å². The van der Waals surface area contributed by atoms with E-state index in [1.165, 1.54) is 0 Å². The van der Waals surface area contributed by atoms with E-state index in [0.29, 0.717) is 0 Å². The molecule has 7 heteroatoms. The molecule has 0 aliphatic carbocycles. The maximum Gasteiger partial charge on any atom is 3.00 e. The maximum atomic E-state index is 8.55. The van der Waals surface area contributed by atoms with E-state index in [-0.39, 0.29) is 34.1 Å². The van der Waals surface area contributed by atoms with Gasteiger partial charge in [0.2, 0.25) is 0 Å². The zero-order valence-corrected chi connectivity index (χ0v) is 6.08. The Balaban J connectivity index is -0.0000000800. The molecule has 4 nitrogen and oxygen atoms in total. The van der Waals surface area contributed by atoms with Crippen LogP contribution in [0.2, 0.25) is 0 Å². The monoisotopic (exact) mass is 181 g/mol. The topological polar surface area (TPSA) is 86.2 Å². The third kappa shape index (κ3) is 144. The Bertz CT molecular complexity index is 57.8. The summed E-state index contributed by atoms with van der Waals surface area (Å²) in [6.45, 7) is 0. The molecule has 7 heavy (non-hydrogen) atoms. The number of hydrogen-bond acceptors (Lipinski definition) is 4. The molecule has 0 spiro atoms. The largest absolute Gasteiger partial charge is 3.00 e. The summed E-state index contributed by atoms with van der Waals surface area (Å²) >= 11 is 0. The van der Waals surface area contributed by atoms with Gasteiger partial charge in [-0.1, -0.05) is 0 Å². The molecule has 0 aliphatic rings. The van der Waals surface area contributed by atoms with Gasteiger partial charge < -0.3 is 19.2 Å². The van der Waals surface area contributed by atoms with Crippen molar-refractivity contribution in [2.75, 3.05) is 0 Å². The summed E-state index contributed by atoms with van der Waals surface area (Å²) in [5.74, 6) is 0. The van der Waals surface area contributed by atoms with E-state index in [2.05, 4.69) is 0 Å². The Morgan fingerprint density at radius 2 is 1.14 bits per heavy atom. The average Bonchev–Trinajstić information content (AvgIpc) is 0.722. The fourth-order valence-electron chi connectivity index (χ4n) is 0. The van der Waals surface area contributed by atoms with Gasteiger partial charge in [0.1, 0.15) is 0 Å². The molecule has 39 valence electrons. The molecule has 0 aromatic carbocycles. The second kappa shape index (κ2) is 5.29. The van der Waals surface area contributed by atoms with Crippen LogP contribution in [0.4, 0.5) is 0 Å². The van der Waals surface area contributed by atoms with Crippen molar-refractivity contribution in [3.8, 4) is 0 Å². The van der Waals surface area contributed by atoms with Crippen LogP contribution >= 0.6 is 7.82 Å². The van der Waals surface area contributed by atoms with Crippen molar-refractivity contribution >= 4 is 25.2 Å². The Morgan fingerprint density at radius 3 is 1.14 bits per heavy atom. The van der Waals surface area contributed by atoms with Crippen LogP contribution in [-0.4, -0.2) is 17.4 Å². The molecule has 0 aliphatic heterocycles. The molecule has 0 N–H and O–H groups in total. The third-order valence-electron chi connectivity index (χ3n) is 0. The first-order chi connectivity index (χ1) is 2.00. The third-order valence-corrected chi connectivity index (χ3v) is 0. The molecule has 1 radical (unpaired) electrons. The van der Waals surface area contributed by atoms with Crippen LogP contribution < -0.4 is 14.7 Å². The Labute approximate surface area is 61.5 Å².